The number of nitrogens with one attached hydrogen (secondary N) is 1. The smallest absolute Gasteiger partial charge is 0.375 e. The monoisotopic (exact) mass is 382 g/mol. The van der Waals surface area contributed by atoms with E-state index in [1.807, 2.05) is 0 Å². The number of aryl methyl sites for hydroxylation is 1. The van der Waals surface area contributed by atoms with Crippen LogP contribution in [0.5, 0.6) is 0 Å². The summed E-state index contributed by atoms with van der Waals surface area (Å²) in [5, 5.41) is 6.96. The number of fused-ring (bicyclic) bond motifs is 2. The number of alkyl halides is 3. The second kappa shape index (κ2) is 6.36. The van der Waals surface area contributed by atoms with Crippen molar-refractivity contribution in [2.24, 2.45) is 0 Å². The van der Waals surface area contributed by atoms with Crippen molar-refractivity contribution in [3.8, 4) is 11.3 Å². The lowest BCUT2D eigenvalue weighted by atomic mass is 10.0. The highest BCUT2D eigenvalue weighted by molar-refractivity contribution is 5.72. The summed E-state index contributed by atoms with van der Waals surface area (Å²) in [6.07, 6.45) is 1.11. The largest absolute Gasteiger partial charge is 0.422 e. The summed E-state index contributed by atoms with van der Waals surface area (Å²) < 4.78 is 48.7. The van der Waals surface area contributed by atoms with E-state index < -0.39 is 11.7 Å². The van der Waals surface area contributed by atoms with E-state index in [-0.39, 0.29) is 35.7 Å². The van der Waals surface area contributed by atoms with Crippen LogP contribution in [0.4, 0.5) is 24.9 Å². The van der Waals surface area contributed by atoms with Gasteiger partial charge in [-0.05, 0) is 32.6 Å². The molecule has 4 rings (SSSR count). The molecule has 0 unspecified atom stereocenters. The van der Waals surface area contributed by atoms with Crippen LogP contribution in [0, 0.1) is 6.92 Å². The molecule has 10 heteroatoms. The number of nitrogens with two attached hydrogens (primary N) is 1. The third-order valence-electron chi connectivity index (χ3n) is 5.26. The van der Waals surface area contributed by atoms with E-state index in [0.717, 1.165) is 25.7 Å². The molecule has 2 atom stereocenters. The first-order valence-electron chi connectivity index (χ1n) is 8.90. The maximum atomic E-state index is 13.7. The van der Waals surface area contributed by atoms with Gasteiger partial charge >= 0.3 is 6.18 Å². The topological polar surface area (TPSA) is 90.9 Å². The highest BCUT2D eigenvalue weighted by atomic mass is 19.4. The van der Waals surface area contributed by atoms with Gasteiger partial charge in [0, 0.05) is 18.8 Å². The molecule has 2 bridgehead atoms. The van der Waals surface area contributed by atoms with Crippen LogP contribution >= 0.6 is 0 Å². The lowest BCUT2D eigenvalue weighted by Gasteiger charge is -2.28. The third-order valence-corrected chi connectivity index (χ3v) is 5.26. The summed E-state index contributed by atoms with van der Waals surface area (Å²) in [5.41, 5.74) is 5.25. The molecule has 2 aromatic rings. The van der Waals surface area contributed by atoms with Crippen molar-refractivity contribution in [3.05, 3.63) is 17.5 Å². The zero-order valence-electron chi connectivity index (χ0n) is 15.0. The molecule has 146 valence electrons. The number of halogens is 3. The zero-order valence-corrected chi connectivity index (χ0v) is 15.0. The lowest BCUT2D eigenvalue weighted by molar-refractivity contribution is -0.136. The molecule has 3 N–H and O–H groups in total. The second-order valence-electron chi connectivity index (χ2n) is 7.09. The van der Waals surface area contributed by atoms with Crippen molar-refractivity contribution in [1.82, 2.24) is 19.7 Å². The normalized spacial score (nSPS) is 25.0. The number of hydrogen-bond acceptors (Lipinski definition) is 6. The molecule has 0 aliphatic carbocycles. The molecule has 2 saturated heterocycles. The fourth-order valence-corrected chi connectivity index (χ4v) is 4.07. The van der Waals surface area contributed by atoms with E-state index in [0.29, 0.717) is 11.3 Å². The fourth-order valence-electron chi connectivity index (χ4n) is 4.07. The third kappa shape index (κ3) is 3.22. The summed E-state index contributed by atoms with van der Waals surface area (Å²) in [5.74, 6) is -0.570. The Balaban J connectivity index is 1.78. The number of nitrogen functional groups attached to an aromatic ring is 1. The number of rotatable bonds is 3. The molecular formula is C17H21F3N6O. The predicted octanol–water partition coefficient (Wildman–Crippen LogP) is 3.17. The van der Waals surface area contributed by atoms with Gasteiger partial charge in [0.1, 0.15) is 11.4 Å². The standard InChI is InChI=1S/C17H21F3N6O/c1-8-12(7-26(25-8)9-5-10-3-4-11(6-9)27-10)14-13(17(18,19)20)15(22-2)24-16(21)23-14/h7,9-11H,3-6H2,1-2H3,(H3,21,22,23,24)/t10-,11-/m0/s1. The van der Waals surface area contributed by atoms with Crippen molar-refractivity contribution in [2.75, 3.05) is 18.1 Å². The minimum atomic E-state index is -4.63. The Hall–Kier alpha value is -2.36. The molecule has 2 aromatic heterocycles. The number of hydrogen-bond donors (Lipinski definition) is 2. The van der Waals surface area contributed by atoms with Crippen LogP contribution in [0.2, 0.25) is 0 Å². The molecule has 0 saturated carbocycles. The van der Waals surface area contributed by atoms with Gasteiger partial charge < -0.3 is 15.8 Å². The summed E-state index contributed by atoms with van der Waals surface area (Å²) in [6, 6.07) is 0.112. The average molecular weight is 382 g/mol. The fraction of sp³-hybridized carbons (Fsp3) is 0.588. The van der Waals surface area contributed by atoms with E-state index in [2.05, 4.69) is 20.4 Å². The van der Waals surface area contributed by atoms with Crippen molar-refractivity contribution < 1.29 is 17.9 Å². The molecule has 2 aliphatic rings. The Bertz CT molecular complexity index is 853. The first-order valence-corrected chi connectivity index (χ1v) is 8.90. The maximum absolute atomic E-state index is 13.7. The first-order chi connectivity index (χ1) is 12.8. The van der Waals surface area contributed by atoms with Crippen molar-refractivity contribution >= 4 is 11.8 Å². The SMILES string of the molecule is CNc1nc(N)nc(-c2cn(C3C[C@@H]4CC[C@@H](C3)O4)nc2C)c1C(F)(F)F. The van der Waals surface area contributed by atoms with Crippen LogP contribution in [0.25, 0.3) is 11.3 Å². The Morgan fingerprint density at radius 2 is 1.89 bits per heavy atom. The molecule has 0 amide bonds. The zero-order chi connectivity index (χ0) is 19.3. The van der Waals surface area contributed by atoms with Gasteiger partial charge in [-0.2, -0.15) is 23.3 Å². The number of anilines is 2. The van der Waals surface area contributed by atoms with E-state index in [1.165, 1.54) is 7.05 Å². The van der Waals surface area contributed by atoms with Gasteiger partial charge in [-0.15, -0.1) is 0 Å². The van der Waals surface area contributed by atoms with Gasteiger partial charge in [-0.3, -0.25) is 4.68 Å². The van der Waals surface area contributed by atoms with Crippen LogP contribution in [0.3, 0.4) is 0 Å². The molecule has 0 aromatic carbocycles. The second-order valence-corrected chi connectivity index (χ2v) is 7.09. The minimum absolute atomic E-state index is 0.112. The highest BCUT2D eigenvalue weighted by Gasteiger charge is 2.40. The number of ether oxygens (including phenoxy) is 1. The van der Waals surface area contributed by atoms with Crippen molar-refractivity contribution in [2.45, 2.75) is 57.0 Å². The maximum Gasteiger partial charge on any atom is 0.422 e. The summed E-state index contributed by atoms with van der Waals surface area (Å²) in [6.45, 7) is 1.68. The van der Waals surface area contributed by atoms with Gasteiger partial charge in [-0.1, -0.05) is 0 Å². The molecule has 4 heterocycles. The molecule has 27 heavy (non-hydrogen) atoms. The van der Waals surface area contributed by atoms with Crippen molar-refractivity contribution in [3.63, 3.8) is 0 Å². The molecular weight excluding hydrogens is 361 g/mol. The van der Waals surface area contributed by atoms with E-state index in [4.69, 9.17) is 10.5 Å². The van der Waals surface area contributed by atoms with Crippen LogP contribution in [-0.4, -0.2) is 39.0 Å². The molecule has 7 nitrogen and oxygen atoms in total. The molecule has 2 aliphatic heterocycles. The Morgan fingerprint density at radius 3 is 2.48 bits per heavy atom. The van der Waals surface area contributed by atoms with Crippen molar-refractivity contribution in [1.29, 1.82) is 0 Å². The van der Waals surface area contributed by atoms with Crippen LogP contribution < -0.4 is 11.1 Å². The predicted molar refractivity (Wildman–Crippen MR) is 93.1 cm³/mol. The van der Waals surface area contributed by atoms with E-state index in [1.54, 1.807) is 17.8 Å². The van der Waals surface area contributed by atoms with Gasteiger partial charge in [0.05, 0.1) is 29.6 Å². The summed E-state index contributed by atoms with van der Waals surface area (Å²) in [4.78, 5) is 7.60. The summed E-state index contributed by atoms with van der Waals surface area (Å²) >= 11 is 0. The Morgan fingerprint density at radius 1 is 1.22 bits per heavy atom. The van der Waals surface area contributed by atoms with Crippen LogP contribution in [0.1, 0.15) is 43.0 Å². The number of nitrogens with zero attached hydrogens (tertiary/aromatic N) is 4. The summed E-state index contributed by atoms with van der Waals surface area (Å²) in [7, 11) is 1.37. The quantitative estimate of drug-likeness (QED) is 0.847. The average Bonchev–Trinajstić information content (AvgIpc) is 3.14. The van der Waals surface area contributed by atoms with Gasteiger partial charge in [0.15, 0.2) is 0 Å². The van der Waals surface area contributed by atoms with E-state index in [9.17, 15) is 13.2 Å². The Kier molecular flexibility index (Phi) is 4.25. The van der Waals surface area contributed by atoms with Gasteiger partial charge in [-0.25, -0.2) is 4.98 Å². The van der Waals surface area contributed by atoms with E-state index >= 15 is 0 Å². The number of aromatic nitrogens is 4. The molecule has 0 radical (unpaired) electrons. The highest BCUT2D eigenvalue weighted by Crippen LogP contribution is 2.42. The Labute approximate surface area is 154 Å². The molecule has 0 spiro atoms. The van der Waals surface area contributed by atoms with Gasteiger partial charge in [0.2, 0.25) is 5.95 Å². The molecule has 2 fully saturated rings. The van der Waals surface area contributed by atoms with Gasteiger partial charge in [0.25, 0.3) is 0 Å². The van der Waals surface area contributed by atoms with Crippen LogP contribution in [-0.2, 0) is 10.9 Å². The first kappa shape index (κ1) is 18.0. The van der Waals surface area contributed by atoms with Crippen LogP contribution in [0.15, 0.2) is 6.20 Å². The lowest BCUT2D eigenvalue weighted by Crippen LogP contribution is -2.27. The minimum Gasteiger partial charge on any atom is -0.375 e.